The first-order valence-corrected chi connectivity index (χ1v) is 9.09. The lowest BCUT2D eigenvalue weighted by atomic mass is 9.49. The maximum absolute atomic E-state index is 14.5. The molecule has 1 amide bonds. The quantitative estimate of drug-likeness (QED) is 0.747. The molecule has 0 unspecified atom stereocenters. The molecule has 0 radical (unpaired) electrons. The van der Waals surface area contributed by atoms with Crippen LogP contribution in [0.2, 0.25) is 0 Å². The number of hydrogen-bond acceptors (Lipinski definition) is 3. The monoisotopic (exact) mass is 399 g/mol. The lowest BCUT2D eigenvalue weighted by molar-refractivity contribution is -0.213. The summed E-state index contributed by atoms with van der Waals surface area (Å²) in [5, 5.41) is 2.50. The molecule has 9 heteroatoms. The maximum atomic E-state index is 14.5. The zero-order valence-electron chi connectivity index (χ0n) is 15.8. The molecule has 3 aliphatic carbocycles. The predicted molar refractivity (Wildman–Crippen MR) is 94.6 cm³/mol. The number of alkyl halides is 3. The van der Waals surface area contributed by atoms with Crippen molar-refractivity contribution in [3.8, 4) is 5.75 Å². The summed E-state index contributed by atoms with van der Waals surface area (Å²) in [6.07, 6.45) is -2.62. The van der Waals surface area contributed by atoms with Gasteiger partial charge in [0.1, 0.15) is 11.3 Å². The first kappa shape index (κ1) is 19.0. The number of nitrogens with zero attached hydrogens (tertiary/aromatic N) is 2. The van der Waals surface area contributed by atoms with Gasteiger partial charge in [0.25, 0.3) is 0 Å². The molecule has 3 aliphatic rings. The van der Waals surface area contributed by atoms with Crippen molar-refractivity contribution in [2.75, 3.05) is 12.4 Å². The number of imidazole rings is 1. The Morgan fingerprint density at radius 3 is 2.46 bits per heavy atom. The number of fused-ring (bicyclic) bond motifs is 1. The summed E-state index contributed by atoms with van der Waals surface area (Å²) in [5.74, 6) is -0.415. The van der Waals surface area contributed by atoms with Gasteiger partial charge in [-0.05, 0) is 25.2 Å². The second-order valence-electron chi connectivity index (χ2n) is 8.56. The third kappa shape index (κ3) is 2.74. The number of benzene rings is 1. The Morgan fingerprint density at radius 2 is 1.96 bits per heavy atom. The fourth-order valence-electron chi connectivity index (χ4n) is 4.17. The van der Waals surface area contributed by atoms with E-state index in [2.05, 4.69) is 10.3 Å². The van der Waals surface area contributed by atoms with E-state index in [1.54, 1.807) is 10.6 Å². The minimum absolute atomic E-state index is 0.0657. The molecule has 2 bridgehead atoms. The van der Waals surface area contributed by atoms with Gasteiger partial charge < -0.3 is 9.30 Å². The second-order valence-corrected chi connectivity index (χ2v) is 8.56. The van der Waals surface area contributed by atoms with E-state index < -0.39 is 29.7 Å². The first-order valence-electron chi connectivity index (χ1n) is 9.09. The Bertz CT molecular complexity index is 947. The van der Waals surface area contributed by atoms with Crippen LogP contribution < -0.4 is 10.1 Å². The van der Waals surface area contributed by atoms with Crippen LogP contribution in [0.3, 0.4) is 0 Å². The molecule has 1 aromatic carbocycles. The average Bonchev–Trinajstić information content (AvgIpc) is 2.81. The van der Waals surface area contributed by atoms with Crippen LogP contribution in [0.15, 0.2) is 12.1 Å². The third-order valence-electron chi connectivity index (χ3n) is 6.02. The number of methoxy groups -OCH3 is 1. The van der Waals surface area contributed by atoms with Gasteiger partial charge >= 0.3 is 6.18 Å². The van der Waals surface area contributed by atoms with Gasteiger partial charge in [-0.15, -0.1) is 0 Å². The van der Waals surface area contributed by atoms with E-state index in [-0.39, 0.29) is 17.0 Å². The van der Waals surface area contributed by atoms with Crippen LogP contribution in [0.25, 0.3) is 11.0 Å². The van der Waals surface area contributed by atoms with E-state index in [4.69, 9.17) is 4.74 Å². The number of anilines is 1. The van der Waals surface area contributed by atoms with Gasteiger partial charge in [0, 0.05) is 24.1 Å². The Kier molecular flexibility index (Phi) is 3.97. The van der Waals surface area contributed by atoms with E-state index >= 15 is 0 Å². The fraction of sp³-hybridized carbons (Fsp3) is 0.579. The van der Waals surface area contributed by atoms with Gasteiger partial charge in [0.2, 0.25) is 11.9 Å². The summed E-state index contributed by atoms with van der Waals surface area (Å²) >= 11 is 0. The van der Waals surface area contributed by atoms with Gasteiger partial charge in [-0.3, -0.25) is 10.1 Å². The van der Waals surface area contributed by atoms with E-state index in [0.29, 0.717) is 17.2 Å². The van der Waals surface area contributed by atoms with Crippen molar-refractivity contribution in [2.45, 2.75) is 51.2 Å². The molecule has 0 aliphatic heterocycles. The highest BCUT2D eigenvalue weighted by Crippen LogP contribution is 2.63. The van der Waals surface area contributed by atoms with Crippen molar-refractivity contribution < 1.29 is 27.1 Å². The summed E-state index contributed by atoms with van der Waals surface area (Å²) in [5.41, 5.74) is -1.91. The predicted octanol–water partition coefficient (Wildman–Crippen LogP) is 4.61. The van der Waals surface area contributed by atoms with Gasteiger partial charge in [-0.25, -0.2) is 9.37 Å². The highest BCUT2D eigenvalue weighted by Gasteiger charge is 2.59. The molecule has 5 nitrogen and oxygen atoms in total. The van der Waals surface area contributed by atoms with Crippen molar-refractivity contribution in [1.82, 2.24) is 9.55 Å². The highest BCUT2D eigenvalue weighted by atomic mass is 19.4. The van der Waals surface area contributed by atoms with Crippen LogP contribution in [0.4, 0.5) is 23.5 Å². The summed E-state index contributed by atoms with van der Waals surface area (Å²) in [6, 6.07) is 2.83. The number of hydrogen-bond donors (Lipinski definition) is 1. The number of ether oxygens (including phenoxy) is 1. The minimum atomic E-state index is -4.52. The van der Waals surface area contributed by atoms with Crippen molar-refractivity contribution in [1.29, 1.82) is 0 Å². The van der Waals surface area contributed by atoms with Gasteiger partial charge in [-0.2, -0.15) is 13.2 Å². The molecule has 5 rings (SSSR count). The Balaban J connectivity index is 1.72. The van der Waals surface area contributed by atoms with Crippen molar-refractivity contribution >= 4 is 22.9 Å². The van der Waals surface area contributed by atoms with Crippen molar-refractivity contribution in [2.24, 2.45) is 11.3 Å². The molecule has 1 heterocycles. The van der Waals surface area contributed by atoms with Crippen molar-refractivity contribution in [3.05, 3.63) is 17.9 Å². The average molecular weight is 399 g/mol. The number of carbonyl (C=O) groups is 1. The molecule has 2 aromatic rings. The number of aromatic nitrogens is 2. The zero-order chi connectivity index (χ0) is 20.5. The largest absolute Gasteiger partial charge is 0.497 e. The number of halogens is 4. The summed E-state index contributed by atoms with van der Waals surface area (Å²) in [6.45, 7) is 1.95. The number of carbonyl (C=O) groups excluding carboxylic acids is 1. The van der Waals surface area contributed by atoms with Crippen molar-refractivity contribution in [3.63, 3.8) is 0 Å². The standard InChI is InChI=1S/C19H21F4N3O2/c1-17(2,19(21,22)23)9-14(27)24-16-25-15-12(20)4-11(28-3)5-13(15)26(16)18-6-10(7-18)8-18/h4-5,10H,6-9H2,1-3H3,(H,24,25,27). The van der Waals surface area contributed by atoms with E-state index in [9.17, 15) is 22.4 Å². The molecule has 0 atom stereocenters. The number of amides is 1. The molecule has 1 aromatic heterocycles. The van der Waals surface area contributed by atoms with Crippen LogP contribution in [-0.4, -0.2) is 28.7 Å². The molecule has 3 saturated carbocycles. The van der Waals surface area contributed by atoms with Crippen LogP contribution in [0.5, 0.6) is 5.75 Å². The van der Waals surface area contributed by atoms with Crippen LogP contribution in [0, 0.1) is 17.2 Å². The SMILES string of the molecule is COc1cc(F)c2nc(NC(=O)CC(C)(C)C(F)(F)F)n(C34CC(C3)C4)c2c1. The summed E-state index contributed by atoms with van der Waals surface area (Å²) in [7, 11) is 1.42. The Labute approximate surface area is 159 Å². The molecular weight excluding hydrogens is 378 g/mol. The van der Waals surface area contributed by atoms with E-state index in [0.717, 1.165) is 33.1 Å². The minimum Gasteiger partial charge on any atom is -0.497 e. The van der Waals surface area contributed by atoms with E-state index in [1.807, 2.05) is 0 Å². The lowest BCUT2D eigenvalue weighted by Gasteiger charge is -2.62. The van der Waals surface area contributed by atoms with Gasteiger partial charge in [0.15, 0.2) is 5.82 Å². The number of nitrogens with one attached hydrogen (secondary N) is 1. The van der Waals surface area contributed by atoms with Crippen LogP contribution in [0.1, 0.15) is 39.5 Å². The molecule has 0 spiro atoms. The first-order chi connectivity index (χ1) is 13.0. The molecular formula is C19H21F4N3O2. The normalized spacial score (nSPS) is 23.9. The summed E-state index contributed by atoms with van der Waals surface area (Å²) in [4.78, 5) is 16.6. The number of rotatable bonds is 5. The maximum Gasteiger partial charge on any atom is 0.394 e. The fourth-order valence-corrected chi connectivity index (χ4v) is 4.17. The lowest BCUT2D eigenvalue weighted by Crippen LogP contribution is -2.59. The van der Waals surface area contributed by atoms with Gasteiger partial charge in [-0.1, -0.05) is 13.8 Å². The van der Waals surface area contributed by atoms with Gasteiger partial charge in [0.05, 0.1) is 18.0 Å². The third-order valence-corrected chi connectivity index (χ3v) is 6.02. The zero-order valence-corrected chi connectivity index (χ0v) is 15.8. The molecule has 28 heavy (non-hydrogen) atoms. The highest BCUT2D eigenvalue weighted by molar-refractivity contribution is 5.92. The second kappa shape index (κ2) is 5.84. The van der Waals surface area contributed by atoms with Crippen LogP contribution in [-0.2, 0) is 10.3 Å². The smallest absolute Gasteiger partial charge is 0.394 e. The summed E-state index contributed by atoms with van der Waals surface area (Å²) < 4.78 is 60.7. The molecule has 1 N–H and O–H groups in total. The molecule has 152 valence electrons. The molecule has 3 fully saturated rings. The Hall–Kier alpha value is -2.32. The van der Waals surface area contributed by atoms with Crippen LogP contribution >= 0.6 is 0 Å². The topological polar surface area (TPSA) is 56.1 Å². The van der Waals surface area contributed by atoms with E-state index in [1.165, 1.54) is 13.2 Å². The molecule has 0 saturated heterocycles. The Morgan fingerprint density at radius 1 is 1.32 bits per heavy atom.